The highest BCUT2D eigenvalue weighted by Crippen LogP contribution is 2.35. The summed E-state index contributed by atoms with van der Waals surface area (Å²) in [7, 11) is 0. The second-order valence-electron chi connectivity index (χ2n) is 4.00. The maximum Gasteiger partial charge on any atom is 0.143 e. The van der Waals surface area contributed by atoms with E-state index in [0.29, 0.717) is 6.04 Å². The number of hydrogen-bond donors (Lipinski definition) is 1. The van der Waals surface area contributed by atoms with E-state index < -0.39 is 0 Å². The van der Waals surface area contributed by atoms with Crippen molar-refractivity contribution in [2.75, 3.05) is 5.32 Å². The Morgan fingerprint density at radius 3 is 3.29 bits per heavy atom. The quantitative estimate of drug-likeness (QED) is 0.630. The summed E-state index contributed by atoms with van der Waals surface area (Å²) in [5.41, 5.74) is 2.40. The Kier molecular flexibility index (Phi) is 1.57. The van der Waals surface area contributed by atoms with Crippen molar-refractivity contribution in [3.05, 3.63) is 35.9 Å². The number of benzene rings is 1. The highest BCUT2D eigenvalue weighted by atomic mass is 16.5. The van der Waals surface area contributed by atoms with Gasteiger partial charge in [-0.15, -0.1) is 0 Å². The van der Waals surface area contributed by atoms with Crippen molar-refractivity contribution in [2.45, 2.75) is 25.5 Å². The molecule has 14 heavy (non-hydrogen) atoms. The molecule has 2 heteroatoms. The molecule has 1 N–H and O–H groups in total. The van der Waals surface area contributed by atoms with Crippen molar-refractivity contribution < 1.29 is 4.74 Å². The molecule has 3 rings (SSSR count). The standard InChI is InChI=1S/C12H13NO/c1-8-5-6-12-10(7-8)13-9-3-2-4-11(9)14-12/h2,4-7,9,11,13H,3H2,1H3. The molecule has 0 amide bonds. The maximum atomic E-state index is 5.86. The van der Waals surface area contributed by atoms with Crippen molar-refractivity contribution in [1.29, 1.82) is 0 Å². The number of nitrogens with one attached hydrogen (secondary N) is 1. The summed E-state index contributed by atoms with van der Waals surface area (Å²) in [5, 5.41) is 3.51. The lowest BCUT2D eigenvalue weighted by atomic mass is 10.1. The zero-order chi connectivity index (χ0) is 9.54. The van der Waals surface area contributed by atoms with Crippen LogP contribution in [-0.4, -0.2) is 12.1 Å². The molecule has 2 unspecified atom stereocenters. The van der Waals surface area contributed by atoms with E-state index in [4.69, 9.17) is 4.74 Å². The average Bonchev–Trinajstić information content (AvgIpc) is 2.61. The van der Waals surface area contributed by atoms with Crippen LogP contribution in [0.15, 0.2) is 30.4 Å². The summed E-state index contributed by atoms with van der Waals surface area (Å²) in [6.07, 6.45) is 5.62. The van der Waals surface area contributed by atoms with Gasteiger partial charge in [0.2, 0.25) is 0 Å². The van der Waals surface area contributed by atoms with Gasteiger partial charge in [-0.1, -0.05) is 12.1 Å². The number of hydrogen-bond acceptors (Lipinski definition) is 2. The summed E-state index contributed by atoms with van der Waals surface area (Å²) < 4.78 is 5.86. The molecule has 0 bridgehead atoms. The minimum atomic E-state index is 0.227. The van der Waals surface area contributed by atoms with Gasteiger partial charge in [-0.2, -0.15) is 0 Å². The molecule has 0 radical (unpaired) electrons. The van der Waals surface area contributed by atoms with E-state index in [1.165, 1.54) is 5.56 Å². The van der Waals surface area contributed by atoms with E-state index in [0.717, 1.165) is 17.9 Å². The number of fused-ring (bicyclic) bond motifs is 2. The summed E-state index contributed by atoms with van der Waals surface area (Å²) >= 11 is 0. The Hall–Kier alpha value is -1.44. The molecule has 0 spiro atoms. The van der Waals surface area contributed by atoms with Gasteiger partial charge in [0.25, 0.3) is 0 Å². The second kappa shape index (κ2) is 2.77. The molecular formula is C12H13NO. The van der Waals surface area contributed by atoms with Crippen LogP contribution in [0.5, 0.6) is 5.75 Å². The molecule has 1 aromatic carbocycles. The van der Waals surface area contributed by atoms with E-state index in [9.17, 15) is 0 Å². The number of rotatable bonds is 0. The average molecular weight is 187 g/mol. The van der Waals surface area contributed by atoms with Crippen molar-refractivity contribution in [3.63, 3.8) is 0 Å². The van der Waals surface area contributed by atoms with Gasteiger partial charge in [0, 0.05) is 0 Å². The summed E-state index contributed by atoms with van der Waals surface area (Å²) in [5.74, 6) is 0.975. The lowest BCUT2D eigenvalue weighted by Crippen LogP contribution is -2.37. The fourth-order valence-corrected chi connectivity index (χ4v) is 2.10. The van der Waals surface area contributed by atoms with Gasteiger partial charge in [0.1, 0.15) is 11.9 Å². The van der Waals surface area contributed by atoms with Gasteiger partial charge in [0.05, 0.1) is 11.7 Å². The first kappa shape index (κ1) is 7.92. The Bertz CT molecular complexity index is 397. The van der Waals surface area contributed by atoms with Gasteiger partial charge in [0.15, 0.2) is 0 Å². The van der Waals surface area contributed by atoms with Gasteiger partial charge in [-0.3, -0.25) is 0 Å². The smallest absolute Gasteiger partial charge is 0.143 e. The van der Waals surface area contributed by atoms with Crippen LogP contribution in [0.2, 0.25) is 0 Å². The second-order valence-corrected chi connectivity index (χ2v) is 4.00. The first-order chi connectivity index (χ1) is 6.83. The number of aryl methyl sites for hydroxylation is 1. The molecular weight excluding hydrogens is 174 g/mol. The molecule has 0 aromatic heterocycles. The fourth-order valence-electron chi connectivity index (χ4n) is 2.10. The minimum absolute atomic E-state index is 0.227. The zero-order valence-corrected chi connectivity index (χ0v) is 8.16. The van der Waals surface area contributed by atoms with Crippen molar-refractivity contribution in [3.8, 4) is 5.75 Å². The van der Waals surface area contributed by atoms with Gasteiger partial charge >= 0.3 is 0 Å². The van der Waals surface area contributed by atoms with Crippen molar-refractivity contribution >= 4 is 5.69 Å². The van der Waals surface area contributed by atoms with Gasteiger partial charge < -0.3 is 10.1 Å². The molecule has 72 valence electrons. The fraction of sp³-hybridized carbons (Fsp3) is 0.333. The highest BCUT2D eigenvalue weighted by Gasteiger charge is 2.29. The molecule has 1 aliphatic heterocycles. The van der Waals surface area contributed by atoms with Crippen LogP contribution in [0, 0.1) is 6.92 Å². The molecule has 0 fully saturated rings. The molecule has 1 aromatic rings. The summed E-state index contributed by atoms with van der Waals surface area (Å²) in [6, 6.07) is 6.70. The van der Waals surface area contributed by atoms with Gasteiger partial charge in [-0.05, 0) is 37.1 Å². The molecule has 0 saturated carbocycles. The lowest BCUT2D eigenvalue weighted by Gasteiger charge is -2.30. The van der Waals surface area contributed by atoms with E-state index in [1.54, 1.807) is 0 Å². The van der Waals surface area contributed by atoms with Crippen molar-refractivity contribution in [2.24, 2.45) is 0 Å². The third-order valence-electron chi connectivity index (χ3n) is 2.85. The Morgan fingerprint density at radius 2 is 2.36 bits per heavy atom. The molecule has 1 heterocycles. The predicted octanol–water partition coefficient (Wildman–Crippen LogP) is 2.50. The number of anilines is 1. The summed E-state index contributed by atoms with van der Waals surface area (Å²) in [6.45, 7) is 2.10. The Morgan fingerprint density at radius 1 is 1.43 bits per heavy atom. The largest absolute Gasteiger partial charge is 0.482 e. The van der Waals surface area contributed by atoms with Crippen LogP contribution in [0.25, 0.3) is 0 Å². The molecule has 2 atom stereocenters. The SMILES string of the molecule is Cc1ccc2c(c1)NC1CC=CC1O2. The van der Waals surface area contributed by atoms with Crippen molar-refractivity contribution in [1.82, 2.24) is 0 Å². The molecule has 0 saturated heterocycles. The maximum absolute atomic E-state index is 5.86. The van der Waals surface area contributed by atoms with Crippen LogP contribution >= 0.6 is 0 Å². The Balaban J connectivity index is 2.00. The van der Waals surface area contributed by atoms with Gasteiger partial charge in [-0.25, -0.2) is 0 Å². The van der Waals surface area contributed by atoms with Crippen LogP contribution in [0.4, 0.5) is 5.69 Å². The normalized spacial score (nSPS) is 27.5. The predicted molar refractivity (Wildman–Crippen MR) is 56.8 cm³/mol. The zero-order valence-electron chi connectivity index (χ0n) is 8.16. The monoisotopic (exact) mass is 187 g/mol. The van der Waals surface area contributed by atoms with E-state index in [-0.39, 0.29) is 6.10 Å². The lowest BCUT2D eigenvalue weighted by molar-refractivity contribution is 0.224. The first-order valence-corrected chi connectivity index (χ1v) is 5.03. The first-order valence-electron chi connectivity index (χ1n) is 5.03. The van der Waals surface area contributed by atoms with E-state index in [2.05, 4.69) is 36.5 Å². The third kappa shape index (κ3) is 1.10. The van der Waals surface area contributed by atoms with Crippen LogP contribution < -0.4 is 10.1 Å². The molecule has 2 aliphatic rings. The molecule has 1 aliphatic carbocycles. The minimum Gasteiger partial charge on any atom is -0.482 e. The van der Waals surface area contributed by atoms with Crippen LogP contribution in [0.1, 0.15) is 12.0 Å². The van der Waals surface area contributed by atoms with E-state index in [1.807, 2.05) is 6.07 Å². The third-order valence-corrected chi connectivity index (χ3v) is 2.85. The van der Waals surface area contributed by atoms with Crippen LogP contribution in [0.3, 0.4) is 0 Å². The molecule has 2 nitrogen and oxygen atoms in total. The topological polar surface area (TPSA) is 21.3 Å². The van der Waals surface area contributed by atoms with E-state index >= 15 is 0 Å². The highest BCUT2D eigenvalue weighted by molar-refractivity contribution is 5.61. The van der Waals surface area contributed by atoms with Crippen LogP contribution in [-0.2, 0) is 0 Å². The summed E-state index contributed by atoms with van der Waals surface area (Å²) in [4.78, 5) is 0. The number of ether oxygens (including phenoxy) is 1. The Labute approximate surface area is 83.6 Å².